The van der Waals surface area contributed by atoms with E-state index in [4.69, 9.17) is 9.84 Å². The van der Waals surface area contributed by atoms with Crippen molar-refractivity contribution in [3.8, 4) is 5.75 Å². The first-order valence-corrected chi connectivity index (χ1v) is 8.19. The molecule has 0 aliphatic rings. The summed E-state index contributed by atoms with van der Waals surface area (Å²) in [6.45, 7) is 0. The number of hydrogen-bond acceptors (Lipinski definition) is 8. The summed E-state index contributed by atoms with van der Waals surface area (Å²) < 4.78 is 5.11. The molecule has 3 rings (SSSR count). The highest BCUT2D eigenvalue weighted by Gasteiger charge is 2.20. The average Bonchev–Trinajstić information content (AvgIpc) is 3.09. The fraction of sp³-hybridized carbons (Fsp3) is 0.125. The molecule has 0 fully saturated rings. The summed E-state index contributed by atoms with van der Waals surface area (Å²) in [5.74, 6) is -1.28. The van der Waals surface area contributed by atoms with Crippen LogP contribution in [-0.2, 0) is 6.42 Å². The molecule has 0 saturated heterocycles. The third-order valence-corrected chi connectivity index (χ3v) is 4.16. The zero-order chi connectivity index (χ0) is 18.5. The van der Waals surface area contributed by atoms with E-state index in [-0.39, 0.29) is 10.8 Å². The van der Waals surface area contributed by atoms with E-state index in [0.717, 1.165) is 11.3 Å². The molecule has 132 valence electrons. The van der Waals surface area contributed by atoms with Gasteiger partial charge in [0.1, 0.15) is 10.8 Å². The summed E-state index contributed by atoms with van der Waals surface area (Å²) in [7, 11) is 1.60. The van der Waals surface area contributed by atoms with Crippen molar-refractivity contribution < 1.29 is 19.4 Å². The summed E-state index contributed by atoms with van der Waals surface area (Å²) in [5, 5.41) is 20.4. The lowest BCUT2D eigenvalue weighted by molar-refractivity contribution is 0.0685. The summed E-state index contributed by atoms with van der Waals surface area (Å²) in [4.78, 5) is 30.8. The molecule has 3 aromatic rings. The summed E-state index contributed by atoms with van der Waals surface area (Å²) >= 11 is 1.19. The quantitative estimate of drug-likeness (QED) is 0.672. The number of benzene rings is 1. The Morgan fingerprint density at radius 3 is 2.46 bits per heavy atom. The number of carboxylic acid groups (broad SMARTS) is 1. The molecule has 0 radical (unpaired) electrons. The molecule has 26 heavy (non-hydrogen) atoms. The molecule has 0 spiro atoms. The van der Waals surface area contributed by atoms with Gasteiger partial charge in [-0.3, -0.25) is 10.1 Å². The van der Waals surface area contributed by atoms with Gasteiger partial charge in [0, 0.05) is 18.8 Å². The number of anilines is 1. The van der Waals surface area contributed by atoms with E-state index in [9.17, 15) is 9.59 Å². The van der Waals surface area contributed by atoms with Crippen LogP contribution in [0.4, 0.5) is 5.13 Å². The smallest absolute Gasteiger partial charge is 0.356 e. The summed E-state index contributed by atoms with van der Waals surface area (Å²) in [6, 6.07) is 7.52. The number of ether oxygens (including phenoxy) is 1. The van der Waals surface area contributed by atoms with Crippen molar-refractivity contribution in [2.45, 2.75) is 6.42 Å². The third kappa shape index (κ3) is 3.98. The van der Waals surface area contributed by atoms with Gasteiger partial charge in [0.2, 0.25) is 5.13 Å². The highest BCUT2D eigenvalue weighted by atomic mass is 32.1. The van der Waals surface area contributed by atoms with Crippen molar-refractivity contribution in [3.05, 3.63) is 58.6 Å². The monoisotopic (exact) mass is 371 g/mol. The van der Waals surface area contributed by atoms with Crippen LogP contribution in [0.2, 0.25) is 0 Å². The predicted octanol–water partition coefficient (Wildman–Crippen LogP) is 1.88. The van der Waals surface area contributed by atoms with Crippen molar-refractivity contribution in [3.63, 3.8) is 0 Å². The number of aromatic carboxylic acids is 1. The molecule has 1 amide bonds. The number of nitrogens with zero attached hydrogens (tertiary/aromatic N) is 4. The first-order chi connectivity index (χ1) is 12.6. The van der Waals surface area contributed by atoms with E-state index in [0.29, 0.717) is 11.4 Å². The standard InChI is InChI=1S/C16H13N5O4S/c1-25-10-4-2-9(3-5-10)8-11-20-21-16(26-11)19-14(22)12-13(15(23)24)18-7-6-17-12/h2-7H,8H2,1H3,(H,23,24)(H,19,21,22). The van der Waals surface area contributed by atoms with Gasteiger partial charge in [-0.2, -0.15) is 0 Å². The summed E-state index contributed by atoms with van der Waals surface area (Å²) in [6.07, 6.45) is 3.00. The first kappa shape index (κ1) is 17.4. The van der Waals surface area contributed by atoms with Gasteiger partial charge >= 0.3 is 5.97 Å². The van der Waals surface area contributed by atoms with Crippen LogP contribution in [0.5, 0.6) is 5.75 Å². The van der Waals surface area contributed by atoms with Crippen LogP contribution in [-0.4, -0.2) is 44.3 Å². The van der Waals surface area contributed by atoms with E-state index in [2.05, 4.69) is 25.5 Å². The SMILES string of the molecule is COc1ccc(Cc2nnc(NC(=O)c3nccnc3C(=O)O)s2)cc1. The highest BCUT2D eigenvalue weighted by Crippen LogP contribution is 2.20. The van der Waals surface area contributed by atoms with E-state index in [1.807, 2.05) is 24.3 Å². The number of aromatic nitrogens is 4. The molecule has 0 aliphatic heterocycles. The zero-order valence-electron chi connectivity index (χ0n) is 13.5. The Morgan fingerprint density at radius 2 is 1.81 bits per heavy atom. The molecular formula is C16H13N5O4S. The lowest BCUT2D eigenvalue weighted by Crippen LogP contribution is -2.19. The van der Waals surface area contributed by atoms with Gasteiger partial charge in [-0.25, -0.2) is 14.8 Å². The molecule has 0 atom stereocenters. The van der Waals surface area contributed by atoms with Crippen LogP contribution in [0.1, 0.15) is 31.5 Å². The van der Waals surface area contributed by atoms with Gasteiger partial charge < -0.3 is 9.84 Å². The molecule has 2 aromatic heterocycles. The van der Waals surface area contributed by atoms with E-state index >= 15 is 0 Å². The Kier molecular flexibility index (Phi) is 5.13. The van der Waals surface area contributed by atoms with Gasteiger partial charge in [0.15, 0.2) is 11.4 Å². The van der Waals surface area contributed by atoms with Crippen molar-refractivity contribution in [1.29, 1.82) is 0 Å². The number of nitrogens with one attached hydrogen (secondary N) is 1. The maximum absolute atomic E-state index is 12.2. The zero-order valence-corrected chi connectivity index (χ0v) is 14.4. The van der Waals surface area contributed by atoms with Crippen molar-refractivity contribution in [1.82, 2.24) is 20.2 Å². The fourth-order valence-electron chi connectivity index (χ4n) is 2.11. The highest BCUT2D eigenvalue weighted by molar-refractivity contribution is 7.15. The number of carboxylic acids is 1. The largest absolute Gasteiger partial charge is 0.497 e. The lowest BCUT2D eigenvalue weighted by atomic mass is 10.1. The second-order valence-corrected chi connectivity index (χ2v) is 6.10. The molecular weight excluding hydrogens is 358 g/mol. The van der Waals surface area contributed by atoms with E-state index < -0.39 is 17.6 Å². The summed E-state index contributed by atoms with van der Waals surface area (Å²) in [5.41, 5.74) is 0.307. The molecule has 0 bridgehead atoms. The average molecular weight is 371 g/mol. The molecule has 0 saturated carbocycles. The van der Waals surface area contributed by atoms with Crippen molar-refractivity contribution >= 4 is 28.3 Å². The van der Waals surface area contributed by atoms with Crippen LogP contribution in [0.15, 0.2) is 36.7 Å². The van der Waals surface area contributed by atoms with Crippen LogP contribution < -0.4 is 10.1 Å². The minimum Gasteiger partial charge on any atom is -0.497 e. The van der Waals surface area contributed by atoms with Gasteiger partial charge in [0.25, 0.3) is 5.91 Å². The van der Waals surface area contributed by atoms with Gasteiger partial charge in [-0.1, -0.05) is 23.5 Å². The second kappa shape index (κ2) is 7.66. The van der Waals surface area contributed by atoms with Crippen LogP contribution >= 0.6 is 11.3 Å². The van der Waals surface area contributed by atoms with Crippen molar-refractivity contribution in [2.75, 3.05) is 12.4 Å². The number of carbonyl (C=O) groups excluding carboxylic acids is 1. The lowest BCUT2D eigenvalue weighted by Gasteiger charge is -2.02. The Morgan fingerprint density at radius 1 is 1.12 bits per heavy atom. The number of carbonyl (C=O) groups is 2. The number of amides is 1. The second-order valence-electron chi connectivity index (χ2n) is 5.04. The Hall–Kier alpha value is -3.40. The molecule has 2 heterocycles. The van der Waals surface area contributed by atoms with Crippen LogP contribution in [0.25, 0.3) is 0 Å². The fourth-order valence-corrected chi connectivity index (χ4v) is 2.88. The minimum absolute atomic E-state index is 0.250. The minimum atomic E-state index is -1.33. The molecule has 9 nitrogen and oxygen atoms in total. The maximum atomic E-state index is 12.2. The molecule has 0 unspecified atom stereocenters. The van der Waals surface area contributed by atoms with Gasteiger partial charge in [0.05, 0.1) is 7.11 Å². The number of methoxy groups -OCH3 is 1. The van der Waals surface area contributed by atoms with E-state index in [1.54, 1.807) is 7.11 Å². The van der Waals surface area contributed by atoms with Crippen molar-refractivity contribution in [2.24, 2.45) is 0 Å². The Bertz CT molecular complexity index is 942. The maximum Gasteiger partial charge on any atom is 0.356 e. The Balaban J connectivity index is 1.70. The van der Waals surface area contributed by atoms with Crippen LogP contribution in [0.3, 0.4) is 0 Å². The molecule has 1 aromatic carbocycles. The molecule has 0 aliphatic carbocycles. The number of rotatable bonds is 6. The first-order valence-electron chi connectivity index (χ1n) is 7.38. The normalized spacial score (nSPS) is 10.3. The topological polar surface area (TPSA) is 127 Å². The number of hydrogen-bond donors (Lipinski definition) is 2. The van der Waals surface area contributed by atoms with Crippen LogP contribution in [0, 0.1) is 0 Å². The van der Waals surface area contributed by atoms with Gasteiger partial charge in [-0.15, -0.1) is 10.2 Å². The molecule has 2 N–H and O–H groups in total. The van der Waals surface area contributed by atoms with Gasteiger partial charge in [-0.05, 0) is 17.7 Å². The predicted molar refractivity (Wildman–Crippen MR) is 92.7 cm³/mol. The third-order valence-electron chi connectivity index (χ3n) is 3.32. The Labute approximate surface area is 151 Å². The van der Waals surface area contributed by atoms with E-state index in [1.165, 1.54) is 23.7 Å². The molecule has 10 heteroatoms.